The van der Waals surface area contributed by atoms with Gasteiger partial charge in [0.05, 0.1) is 24.8 Å². The minimum absolute atomic E-state index is 0.00476. The molecule has 1 saturated heterocycles. The Balaban J connectivity index is 1.18. The molecule has 6 rings (SSSR count). The van der Waals surface area contributed by atoms with E-state index in [0.29, 0.717) is 35.5 Å². The van der Waals surface area contributed by atoms with E-state index in [0.717, 1.165) is 18.7 Å². The lowest BCUT2D eigenvalue weighted by Gasteiger charge is -2.40. The molecule has 1 unspecified atom stereocenters. The van der Waals surface area contributed by atoms with Gasteiger partial charge in [-0.25, -0.2) is 9.18 Å². The van der Waals surface area contributed by atoms with Crippen LogP contribution in [0.15, 0.2) is 120 Å². The van der Waals surface area contributed by atoms with Gasteiger partial charge in [-0.2, -0.15) is 0 Å². The lowest BCUT2D eigenvalue weighted by atomic mass is 9.83. The summed E-state index contributed by atoms with van der Waals surface area (Å²) in [5, 5.41) is 0. The zero-order valence-corrected chi connectivity index (χ0v) is 27.3. The standard InChI is InChI=1S/C40H40FN3O4/c1-3-48-40(47)37-28(2)44(36(45)26-35(37)32-17-11-19-34(41)25-32)27-29-12-10-18-33(24-29)39(46)43-22-20-42(21-23-43)38(30-13-6-4-7-14-30)31-15-8-5-9-16-31/h4-19,24-25,35,38H,3,20-23,26-27H2,1-2H3. The van der Waals surface area contributed by atoms with Crippen molar-refractivity contribution in [1.82, 2.24) is 14.7 Å². The van der Waals surface area contributed by atoms with E-state index in [-0.39, 0.29) is 37.4 Å². The molecular formula is C40H40FN3O4. The van der Waals surface area contributed by atoms with Crippen molar-refractivity contribution in [1.29, 1.82) is 0 Å². The van der Waals surface area contributed by atoms with Crippen LogP contribution in [0.3, 0.4) is 0 Å². The van der Waals surface area contributed by atoms with E-state index in [1.54, 1.807) is 36.9 Å². The highest BCUT2D eigenvalue weighted by Crippen LogP contribution is 2.38. The normalized spacial score (nSPS) is 17.2. The number of esters is 1. The van der Waals surface area contributed by atoms with Crippen LogP contribution in [0.5, 0.6) is 0 Å². The van der Waals surface area contributed by atoms with Gasteiger partial charge in [-0.3, -0.25) is 14.5 Å². The number of carbonyl (C=O) groups is 3. The van der Waals surface area contributed by atoms with Crippen LogP contribution in [0, 0.1) is 5.82 Å². The molecule has 48 heavy (non-hydrogen) atoms. The molecule has 0 radical (unpaired) electrons. The molecule has 2 aliphatic heterocycles. The van der Waals surface area contributed by atoms with Gasteiger partial charge in [-0.15, -0.1) is 0 Å². The second kappa shape index (κ2) is 14.8. The summed E-state index contributed by atoms with van der Waals surface area (Å²) in [5.74, 6) is -1.81. The van der Waals surface area contributed by atoms with E-state index in [2.05, 4.69) is 53.4 Å². The Bertz CT molecular complexity index is 1760. The Labute approximate surface area is 281 Å². The van der Waals surface area contributed by atoms with E-state index in [9.17, 15) is 18.8 Å². The van der Waals surface area contributed by atoms with E-state index in [4.69, 9.17) is 4.74 Å². The third kappa shape index (κ3) is 7.09. The first-order chi connectivity index (χ1) is 23.3. The number of benzene rings is 4. The van der Waals surface area contributed by atoms with Crippen LogP contribution in [-0.2, 0) is 20.9 Å². The number of allylic oxidation sites excluding steroid dienone is 1. The Kier molecular flexibility index (Phi) is 10.1. The molecule has 2 aliphatic rings. The molecule has 2 heterocycles. The second-order valence-corrected chi connectivity index (χ2v) is 12.3. The summed E-state index contributed by atoms with van der Waals surface area (Å²) in [6, 6.07) is 34.4. The highest BCUT2D eigenvalue weighted by molar-refractivity contribution is 5.96. The molecule has 0 saturated carbocycles. The molecule has 0 aromatic heterocycles. The summed E-state index contributed by atoms with van der Waals surface area (Å²) in [6.07, 6.45) is 0.00476. The van der Waals surface area contributed by atoms with Crippen molar-refractivity contribution in [3.63, 3.8) is 0 Å². The van der Waals surface area contributed by atoms with Crippen LogP contribution >= 0.6 is 0 Å². The van der Waals surface area contributed by atoms with Crippen molar-refractivity contribution < 1.29 is 23.5 Å². The van der Waals surface area contributed by atoms with E-state index < -0.39 is 17.7 Å². The highest BCUT2D eigenvalue weighted by Gasteiger charge is 2.37. The van der Waals surface area contributed by atoms with Crippen molar-refractivity contribution in [2.45, 2.75) is 38.8 Å². The first-order valence-electron chi connectivity index (χ1n) is 16.5. The number of ether oxygens (including phenoxy) is 1. The van der Waals surface area contributed by atoms with Crippen molar-refractivity contribution in [3.05, 3.63) is 154 Å². The third-order valence-electron chi connectivity index (χ3n) is 9.28. The zero-order chi connectivity index (χ0) is 33.6. The fraction of sp³-hybridized carbons (Fsp3) is 0.275. The van der Waals surface area contributed by atoms with Gasteiger partial charge in [-0.05, 0) is 60.4 Å². The van der Waals surface area contributed by atoms with E-state index in [1.807, 2.05) is 35.2 Å². The lowest BCUT2D eigenvalue weighted by Crippen LogP contribution is -2.49. The first-order valence-corrected chi connectivity index (χ1v) is 16.5. The van der Waals surface area contributed by atoms with Crippen molar-refractivity contribution >= 4 is 17.8 Å². The maximum Gasteiger partial charge on any atom is 0.336 e. The Morgan fingerprint density at radius 1 is 0.833 bits per heavy atom. The fourth-order valence-corrected chi connectivity index (χ4v) is 6.92. The number of hydrogen-bond acceptors (Lipinski definition) is 5. The lowest BCUT2D eigenvalue weighted by molar-refractivity contribution is -0.140. The third-order valence-corrected chi connectivity index (χ3v) is 9.28. The quantitative estimate of drug-likeness (QED) is 0.189. The largest absolute Gasteiger partial charge is 0.463 e. The summed E-state index contributed by atoms with van der Waals surface area (Å²) in [4.78, 5) is 46.3. The molecule has 0 aliphatic carbocycles. The molecule has 2 amide bonds. The number of halogens is 1. The van der Waals surface area contributed by atoms with Gasteiger partial charge in [0.2, 0.25) is 5.91 Å². The molecule has 1 atom stereocenters. The van der Waals surface area contributed by atoms with Gasteiger partial charge in [0.25, 0.3) is 5.91 Å². The van der Waals surface area contributed by atoms with Gasteiger partial charge in [0.15, 0.2) is 0 Å². The Hall–Kier alpha value is -5.08. The number of hydrogen-bond donors (Lipinski definition) is 0. The maximum absolute atomic E-state index is 14.1. The number of rotatable bonds is 9. The maximum atomic E-state index is 14.1. The van der Waals surface area contributed by atoms with Crippen molar-refractivity contribution in [2.75, 3.05) is 32.8 Å². The molecule has 0 spiro atoms. The van der Waals surface area contributed by atoms with Gasteiger partial charge in [0.1, 0.15) is 5.82 Å². The van der Waals surface area contributed by atoms with Crippen molar-refractivity contribution in [3.8, 4) is 0 Å². The summed E-state index contributed by atoms with van der Waals surface area (Å²) in [5.41, 5.74) is 5.14. The van der Waals surface area contributed by atoms with Gasteiger partial charge >= 0.3 is 5.97 Å². The minimum atomic E-state index is -0.613. The minimum Gasteiger partial charge on any atom is -0.463 e. The first kappa shape index (κ1) is 32.8. The van der Waals surface area contributed by atoms with Gasteiger partial charge < -0.3 is 14.5 Å². The summed E-state index contributed by atoms with van der Waals surface area (Å²) in [6.45, 7) is 6.47. The van der Waals surface area contributed by atoms with Crippen LogP contribution in [-0.4, -0.2) is 65.3 Å². The van der Waals surface area contributed by atoms with Crippen molar-refractivity contribution in [2.24, 2.45) is 0 Å². The van der Waals surface area contributed by atoms with Gasteiger partial charge in [0, 0.05) is 49.8 Å². The number of nitrogens with zero attached hydrogens (tertiary/aromatic N) is 3. The second-order valence-electron chi connectivity index (χ2n) is 12.3. The molecule has 0 bridgehead atoms. The van der Waals surface area contributed by atoms with E-state index in [1.165, 1.54) is 23.3 Å². The zero-order valence-electron chi connectivity index (χ0n) is 27.3. The molecule has 1 fully saturated rings. The predicted molar refractivity (Wildman–Crippen MR) is 182 cm³/mol. The van der Waals surface area contributed by atoms with Crippen LogP contribution in [0.1, 0.15) is 64.8 Å². The van der Waals surface area contributed by atoms with Gasteiger partial charge in [-0.1, -0.05) is 84.9 Å². The number of carbonyl (C=O) groups excluding carboxylic acids is 3. The van der Waals surface area contributed by atoms with Crippen LogP contribution in [0.25, 0.3) is 0 Å². The van der Waals surface area contributed by atoms with Crippen LogP contribution in [0.2, 0.25) is 0 Å². The number of amides is 2. The molecular weight excluding hydrogens is 605 g/mol. The average Bonchev–Trinajstić information content (AvgIpc) is 3.11. The summed E-state index contributed by atoms with van der Waals surface area (Å²) < 4.78 is 19.5. The molecule has 246 valence electrons. The number of piperazine rings is 1. The SMILES string of the molecule is CCOC(=O)C1=C(C)N(Cc2cccc(C(=O)N3CCN(C(c4ccccc4)c4ccccc4)CC3)c2)C(=O)CC1c1cccc(F)c1. The molecule has 4 aromatic rings. The molecule has 7 nitrogen and oxygen atoms in total. The summed E-state index contributed by atoms with van der Waals surface area (Å²) >= 11 is 0. The smallest absolute Gasteiger partial charge is 0.336 e. The van der Waals surface area contributed by atoms with Crippen LogP contribution < -0.4 is 0 Å². The Morgan fingerprint density at radius 3 is 2.10 bits per heavy atom. The highest BCUT2D eigenvalue weighted by atomic mass is 19.1. The van der Waals surface area contributed by atoms with Crippen LogP contribution in [0.4, 0.5) is 4.39 Å². The monoisotopic (exact) mass is 645 g/mol. The summed E-state index contributed by atoms with van der Waals surface area (Å²) in [7, 11) is 0. The molecule has 0 N–H and O–H groups in total. The molecule has 4 aromatic carbocycles. The topological polar surface area (TPSA) is 70.2 Å². The molecule has 8 heteroatoms. The fourth-order valence-electron chi connectivity index (χ4n) is 6.92. The average molecular weight is 646 g/mol. The Morgan fingerprint density at radius 2 is 1.48 bits per heavy atom. The van der Waals surface area contributed by atoms with E-state index >= 15 is 0 Å². The predicted octanol–water partition coefficient (Wildman–Crippen LogP) is 6.73.